The lowest BCUT2D eigenvalue weighted by Gasteiger charge is -2.17. The van der Waals surface area contributed by atoms with Crippen molar-refractivity contribution in [3.05, 3.63) is 113 Å². The SMILES string of the molecule is NC1=C(N=C(c2ccccc2)c2ccccn2)C(=O)c2ccccc2C1=O. The first kappa shape index (κ1) is 16.6. The van der Waals surface area contributed by atoms with Crippen LogP contribution in [0.5, 0.6) is 0 Å². The predicted molar refractivity (Wildman–Crippen MR) is 103 cm³/mol. The molecule has 0 amide bonds. The van der Waals surface area contributed by atoms with Crippen molar-refractivity contribution in [2.24, 2.45) is 10.7 Å². The van der Waals surface area contributed by atoms with E-state index in [-0.39, 0.29) is 17.2 Å². The first-order valence-electron chi connectivity index (χ1n) is 8.40. The highest BCUT2D eigenvalue weighted by Gasteiger charge is 2.31. The smallest absolute Gasteiger partial charge is 0.214 e. The molecule has 0 spiro atoms. The highest BCUT2D eigenvalue weighted by molar-refractivity contribution is 6.27. The third-order valence-corrected chi connectivity index (χ3v) is 4.31. The molecule has 0 saturated heterocycles. The minimum Gasteiger partial charge on any atom is -0.394 e. The number of hydrogen-bond donors (Lipinski definition) is 1. The van der Waals surface area contributed by atoms with Crippen molar-refractivity contribution >= 4 is 17.3 Å². The Morgan fingerprint density at radius 2 is 1.41 bits per heavy atom. The van der Waals surface area contributed by atoms with Crippen LogP contribution in [0.4, 0.5) is 0 Å². The van der Waals surface area contributed by atoms with Gasteiger partial charge in [0.05, 0.1) is 11.4 Å². The fourth-order valence-electron chi connectivity index (χ4n) is 2.97. The van der Waals surface area contributed by atoms with E-state index in [2.05, 4.69) is 9.98 Å². The van der Waals surface area contributed by atoms with Crippen molar-refractivity contribution < 1.29 is 9.59 Å². The van der Waals surface area contributed by atoms with Gasteiger partial charge in [-0.25, -0.2) is 4.99 Å². The first-order chi connectivity index (χ1) is 13.2. The third kappa shape index (κ3) is 2.95. The standard InChI is InChI=1S/C22H15N3O2/c23-18-20(22(27)16-11-5-4-10-15(16)21(18)26)25-19(14-8-2-1-3-9-14)17-12-6-7-13-24-17/h1-13H,23H2. The number of benzene rings is 2. The highest BCUT2D eigenvalue weighted by atomic mass is 16.1. The molecule has 0 atom stereocenters. The Labute approximate surface area is 155 Å². The van der Waals surface area contributed by atoms with Crippen LogP contribution in [-0.4, -0.2) is 22.3 Å². The van der Waals surface area contributed by atoms with Gasteiger partial charge in [-0.3, -0.25) is 14.6 Å². The molecule has 0 saturated carbocycles. The number of nitrogens with zero attached hydrogens (tertiary/aromatic N) is 2. The highest BCUT2D eigenvalue weighted by Crippen LogP contribution is 2.26. The van der Waals surface area contributed by atoms with Crippen LogP contribution >= 0.6 is 0 Å². The zero-order valence-electron chi connectivity index (χ0n) is 14.3. The minimum atomic E-state index is -0.391. The molecule has 130 valence electrons. The average Bonchev–Trinajstić information content (AvgIpc) is 2.73. The Morgan fingerprint density at radius 3 is 2.07 bits per heavy atom. The van der Waals surface area contributed by atoms with Crippen LogP contribution in [0.15, 0.2) is 95.4 Å². The summed E-state index contributed by atoms with van der Waals surface area (Å²) in [5.41, 5.74) is 8.27. The summed E-state index contributed by atoms with van der Waals surface area (Å²) in [7, 11) is 0. The lowest BCUT2D eigenvalue weighted by molar-refractivity contribution is 0.0972. The van der Waals surface area contributed by atoms with Crippen LogP contribution in [0.1, 0.15) is 32.0 Å². The fourth-order valence-corrected chi connectivity index (χ4v) is 2.97. The molecule has 1 aromatic heterocycles. The third-order valence-electron chi connectivity index (χ3n) is 4.31. The van der Waals surface area contributed by atoms with Crippen LogP contribution in [0.2, 0.25) is 0 Å². The average molecular weight is 353 g/mol. The molecule has 27 heavy (non-hydrogen) atoms. The lowest BCUT2D eigenvalue weighted by atomic mass is 9.90. The van der Waals surface area contributed by atoms with Gasteiger partial charge in [-0.1, -0.05) is 60.7 Å². The molecule has 1 heterocycles. The summed E-state index contributed by atoms with van der Waals surface area (Å²) in [5, 5.41) is 0. The van der Waals surface area contributed by atoms with Gasteiger partial charge < -0.3 is 5.73 Å². The number of carbonyl (C=O) groups excluding carboxylic acids is 2. The molecule has 2 aromatic carbocycles. The number of pyridine rings is 1. The van der Waals surface area contributed by atoms with E-state index >= 15 is 0 Å². The van der Waals surface area contributed by atoms with Crippen LogP contribution in [-0.2, 0) is 0 Å². The molecule has 5 nitrogen and oxygen atoms in total. The zero-order valence-corrected chi connectivity index (χ0v) is 14.3. The molecule has 0 fully saturated rings. The number of aliphatic imine (C=N–C) groups is 1. The molecule has 2 N–H and O–H groups in total. The van der Waals surface area contributed by atoms with Gasteiger partial charge in [-0.05, 0) is 12.1 Å². The molecule has 0 radical (unpaired) electrons. The molecule has 1 aliphatic rings. The van der Waals surface area contributed by atoms with Gasteiger partial charge in [-0.2, -0.15) is 0 Å². The molecule has 0 aliphatic heterocycles. The largest absolute Gasteiger partial charge is 0.394 e. The summed E-state index contributed by atoms with van der Waals surface area (Å²) in [6, 6.07) is 21.4. The van der Waals surface area contributed by atoms with Gasteiger partial charge in [0.1, 0.15) is 11.4 Å². The zero-order chi connectivity index (χ0) is 18.8. The van der Waals surface area contributed by atoms with Crippen LogP contribution in [0.3, 0.4) is 0 Å². The van der Waals surface area contributed by atoms with Crippen molar-refractivity contribution in [1.82, 2.24) is 4.98 Å². The fraction of sp³-hybridized carbons (Fsp3) is 0. The Hall–Kier alpha value is -3.86. The summed E-state index contributed by atoms with van der Waals surface area (Å²) >= 11 is 0. The second-order valence-electron chi connectivity index (χ2n) is 6.01. The number of allylic oxidation sites excluding steroid dienone is 2. The van der Waals surface area contributed by atoms with Crippen LogP contribution < -0.4 is 5.73 Å². The molecule has 5 heteroatoms. The van der Waals surface area contributed by atoms with E-state index in [4.69, 9.17) is 5.73 Å². The Balaban J connectivity index is 1.92. The first-order valence-corrected chi connectivity index (χ1v) is 8.40. The number of rotatable bonds is 3. The monoisotopic (exact) mass is 353 g/mol. The van der Waals surface area contributed by atoms with Crippen molar-refractivity contribution in [1.29, 1.82) is 0 Å². The topological polar surface area (TPSA) is 85.4 Å². The van der Waals surface area contributed by atoms with Gasteiger partial charge in [-0.15, -0.1) is 0 Å². The Morgan fingerprint density at radius 1 is 0.778 bits per heavy atom. The van der Waals surface area contributed by atoms with Crippen LogP contribution in [0, 0.1) is 0 Å². The molecular formula is C22H15N3O2. The number of ketones is 2. The van der Waals surface area contributed by atoms with E-state index < -0.39 is 5.78 Å². The predicted octanol–water partition coefficient (Wildman–Crippen LogP) is 3.17. The van der Waals surface area contributed by atoms with Crippen LogP contribution in [0.25, 0.3) is 0 Å². The van der Waals surface area contributed by atoms with Crippen molar-refractivity contribution in [2.45, 2.75) is 0 Å². The maximum atomic E-state index is 13.0. The molecule has 1 aliphatic carbocycles. The van der Waals surface area contributed by atoms with E-state index in [1.54, 1.807) is 42.6 Å². The van der Waals surface area contributed by atoms with Gasteiger partial charge in [0.2, 0.25) is 11.6 Å². The van der Waals surface area contributed by atoms with E-state index in [0.29, 0.717) is 22.5 Å². The van der Waals surface area contributed by atoms with E-state index in [9.17, 15) is 9.59 Å². The summed E-state index contributed by atoms with van der Waals surface area (Å²) in [4.78, 5) is 34.4. The number of aromatic nitrogens is 1. The lowest BCUT2D eigenvalue weighted by Crippen LogP contribution is -2.26. The molecular weight excluding hydrogens is 338 g/mol. The number of fused-ring (bicyclic) bond motifs is 1. The normalized spacial score (nSPS) is 14.3. The van der Waals surface area contributed by atoms with Gasteiger partial charge >= 0.3 is 0 Å². The second kappa shape index (κ2) is 6.80. The second-order valence-corrected chi connectivity index (χ2v) is 6.01. The number of carbonyl (C=O) groups is 2. The number of nitrogens with two attached hydrogens (primary N) is 1. The van der Waals surface area contributed by atoms with Crippen molar-refractivity contribution in [3.8, 4) is 0 Å². The quantitative estimate of drug-likeness (QED) is 0.733. The number of Topliss-reactive ketones (excluding diaryl/α,β-unsaturated/α-hetero) is 2. The Kier molecular flexibility index (Phi) is 4.18. The maximum Gasteiger partial charge on any atom is 0.214 e. The summed E-state index contributed by atoms with van der Waals surface area (Å²) < 4.78 is 0. The Bertz CT molecular complexity index is 1060. The van der Waals surface area contributed by atoms with Crippen molar-refractivity contribution in [2.75, 3.05) is 0 Å². The summed E-state index contributed by atoms with van der Waals surface area (Å²) in [5.74, 6) is -0.760. The maximum absolute atomic E-state index is 13.0. The molecule has 0 unspecified atom stereocenters. The van der Waals surface area contributed by atoms with E-state index in [0.717, 1.165) is 5.56 Å². The minimum absolute atomic E-state index is 0.0526. The van der Waals surface area contributed by atoms with E-state index in [1.165, 1.54) is 0 Å². The summed E-state index contributed by atoms with van der Waals surface area (Å²) in [6.07, 6.45) is 1.65. The summed E-state index contributed by atoms with van der Waals surface area (Å²) in [6.45, 7) is 0. The molecule has 0 bridgehead atoms. The van der Waals surface area contributed by atoms with Gasteiger partial charge in [0, 0.05) is 22.9 Å². The van der Waals surface area contributed by atoms with E-state index in [1.807, 2.05) is 36.4 Å². The molecule has 4 rings (SSSR count). The van der Waals surface area contributed by atoms with Crippen molar-refractivity contribution in [3.63, 3.8) is 0 Å². The van der Waals surface area contributed by atoms with Gasteiger partial charge in [0.15, 0.2) is 0 Å². The molecule has 3 aromatic rings. The number of hydrogen-bond acceptors (Lipinski definition) is 5. The van der Waals surface area contributed by atoms with Gasteiger partial charge in [0.25, 0.3) is 0 Å².